The van der Waals surface area contributed by atoms with Crippen molar-refractivity contribution in [2.75, 3.05) is 25.1 Å². The molecule has 0 aliphatic heterocycles. The standard InChI is InChI=1S/C8H19NOS/c1-3-8(10)4-5-9-6-7-11-2/h8-10H,3-7H2,1-2H3. The predicted molar refractivity (Wildman–Crippen MR) is 52.2 cm³/mol. The lowest BCUT2D eigenvalue weighted by molar-refractivity contribution is 0.160. The molecule has 1 atom stereocenters. The Hall–Kier alpha value is 0.270. The van der Waals surface area contributed by atoms with Crippen molar-refractivity contribution in [3.63, 3.8) is 0 Å². The number of thioether (sulfide) groups is 1. The second kappa shape index (κ2) is 8.37. The number of hydrogen-bond acceptors (Lipinski definition) is 3. The van der Waals surface area contributed by atoms with Gasteiger partial charge < -0.3 is 10.4 Å². The number of rotatable bonds is 7. The average molecular weight is 177 g/mol. The Morgan fingerprint density at radius 3 is 2.73 bits per heavy atom. The van der Waals surface area contributed by atoms with Crippen molar-refractivity contribution in [3.05, 3.63) is 0 Å². The molecule has 0 radical (unpaired) electrons. The van der Waals surface area contributed by atoms with E-state index in [0.29, 0.717) is 0 Å². The van der Waals surface area contributed by atoms with Crippen molar-refractivity contribution < 1.29 is 5.11 Å². The first-order valence-electron chi connectivity index (χ1n) is 4.19. The van der Waals surface area contributed by atoms with Gasteiger partial charge in [-0.3, -0.25) is 0 Å². The Kier molecular flexibility index (Phi) is 8.57. The molecule has 0 aliphatic carbocycles. The van der Waals surface area contributed by atoms with Crippen molar-refractivity contribution in [2.24, 2.45) is 0 Å². The molecular formula is C8H19NOS. The molecule has 0 aromatic heterocycles. The average Bonchev–Trinajstić information content (AvgIpc) is 2.04. The van der Waals surface area contributed by atoms with E-state index in [0.717, 1.165) is 31.7 Å². The summed E-state index contributed by atoms with van der Waals surface area (Å²) in [6.45, 7) is 4.00. The summed E-state index contributed by atoms with van der Waals surface area (Å²) in [6, 6.07) is 0. The Balaban J connectivity index is 2.89. The molecule has 0 heterocycles. The topological polar surface area (TPSA) is 32.3 Å². The molecule has 0 spiro atoms. The quantitative estimate of drug-likeness (QED) is 0.571. The molecule has 0 aromatic carbocycles. The maximum Gasteiger partial charge on any atom is 0.0549 e. The monoisotopic (exact) mass is 177 g/mol. The van der Waals surface area contributed by atoms with Gasteiger partial charge in [0.05, 0.1) is 6.10 Å². The lowest BCUT2D eigenvalue weighted by Gasteiger charge is -2.07. The second-order valence-electron chi connectivity index (χ2n) is 2.59. The van der Waals surface area contributed by atoms with E-state index in [4.69, 9.17) is 5.11 Å². The first-order chi connectivity index (χ1) is 5.31. The van der Waals surface area contributed by atoms with Gasteiger partial charge in [0.15, 0.2) is 0 Å². The van der Waals surface area contributed by atoms with E-state index < -0.39 is 0 Å². The summed E-state index contributed by atoms with van der Waals surface area (Å²) >= 11 is 1.84. The van der Waals surface area contributed by atoms with Gasteiger partial charge in [-0.25, -0.2) is 0 Å². The lowest BCUT2D eigenvalue weighted by Crippen LogP contribution is -2.22. The molecule has 0 rings (SSSR count). The third-order valence-electron chi connectivity index (χ3n) is 1.61. The van der Waals surface area contributed by atoms with E-state index in [1.807, 2.05) is 18.7 Å². The van der Waals surface area contributed by atoms with Crippen LogP contribution < -0.4 is 5.32 Å². The first-order valence-corrected chi connectivity index (χ1v) is 5.58. The smallest absolute Gasteiger partial charge is 0.0549 e. The van der Waals surface area contributed by atoms with Crippen molar-refractivity contribution in [1.82, 2.24) is 5.32 Å². The largest absolute Gasteiger partial charge is 0.393 e. The predicted octanol–water partition coefficient (Wildman–Crippen LogP) is 1.10. The minimum atomic E-state index is -0.114. The van der Waals surface area contributed by atoms with Gasteiger partial charge in [0.25, 0.3) is 0 Å². The Bertz CT molecular complexity index is 80.5. The molecule has 11 heavy (non-hydrogen) atoms. The molecule has 2 N–H and O–H groups in total. The molecular weight excluding hydrogens is 158 g/mol. The molecule has 68 valence electrons. The fourth-order valence-corrected chi connectivity index (χ4v) is 1.12. The van der Waals surface area contributed by atoms with E-state index in [1.54, 1.807) is 0 Å². The zero-order chi connectivity index (χ0) is 8.53. The van der Waals surface area contributed by atoms with E-state index in [-0.39, 0.29) is 6.10 Å². The van der Waals surface area contributed by atoms with Crippen LogP contribution in [0.3, 0.4) is 0 Å². The van der Waals surface area contributed by atoms with E-state index in [9.17, 15) is 0 Å². The molecule has 1 unspecified atom stereocenters. The number of nitrogens with one attached hydrogen (secondary N) is 1. The third-order valence-corrected chi connectivity index (χ3v) is 2.22. The maximum atomic E-state index is 9.17. The summed E-state index contributed by atoms with van der Waals surface area (Å²) in [5.41, 5.74) is 0. The number of hydrogen-bond donors (Lipinski definition) is 2. The van der Waals surface area contributed by atoms with Crippen molar-refractivity contribution in [1.29, 1.82) is 0 Å². The molecule has 0 amide bonds. The van der Waals surface area contributed by atoms with Crippen molar-refractivity contribution >= 4 is 11.8 Å². The molecule has 3 heteroatoms. The lowest BCUT2D eigenvalue weighted by atomic mass is 10.2. The van der Waals surface area contributed by atoms with Crippen LogP contribution in [0.25, 0.3) is 0 Å². The summed E-state index contributed by atoms with van der Waals surface area (Å²) in [4.78, 5) is 0. The molecule has 0 fully saturated rings. The fourth-order valence-electron chi connectivity index (χ4n) is 0.772. The molecule has 2 nitrogen and oxygen atoms in total. The Morgan fingerprint density at radius 2 is 2.18 bits per heavy atom. The van der Waals surface area contributed by atoms with Crippen LogP contribution in [0.2, 0.25) is 0 Å². The highest BCUT2D eigenvalue weighted by Crippen LogP contribution is 1.94. The van der Waals surface area contributed by atoms with Gasteiger partial charge in [-0.05, 0) is 25.6 Å². The molecule has 0 aromatic rings. The molecule has 0 bridgehead atoms. The summed E-state index contributed by atoms with van der Waals surface area (Å²) in [6.07, 6.45) is 3.73. The molecule has 0 saturated carbocycles. The minimum absolute atomic E-state index is 0.114. The van der Waals surface area contributed by atoms with Gasteiger partial charge in [-0.1, -0.05) is 6.92 Å². The first kappa shape index (κ1) is 11.3. The minimum Gasteiger partial charge on any atom is -0.393 e. The van der Waals surface area contributed by atoms with Gasteiger partial charge in [0, 0.05) is 12.3 Å². The van der Waals surface area contributed by atoms with Crippen LogP contribution in [0.5, 0.6) is 0 Å². The SMILES string of the molecule is CCC(O)CCNCCSC. The van der Waals surface area contributed by atoms with E-state index in [2.05, 4.69) is 11.6 Å². The second-order valence-corrected chi connectivity index (χ2v) is 3.58. The van der Waals surface area contributed by atoms with Crippen LogP contribution in [0.15, 0.2) is 0 Å². The zero-order valence-electron chi connectivity index (χ0n) is 7.47. The van der Waals surface area contributed by atoms with E-state index in [1.165, 1.54) is 0 Å². The van der Waals surface area contributed by atoms with Crippen LogP contribution in [-0.2, 0) is 0 Å². The number of aliphatic hydroxyl groups is 1. The number of aliphatic hydroxyl groups excluding tert-OH is 1. The summed E-state index contributed by atoms with van der Waals surface area (Å²) in [5.74, 6) is 1.15. The van der Waals surface area contributed by atoms with Crippen molar-refractivity contribution in [2.45, 2.75) is 25.9 Å². The van der Waals surface area contributed by atoms with Crippen LogP contribution in [0, 0.1) is 0 Å². The normalized spacial score (nSPS) is 13.4. The summed E-state index contributed by atoms with van der Waals surface area (Å²) in [7, 11) is 0. The Morgan fingerprint density at radius 1 is 1.45 bits per heavy atom. The highest BCUT2D eigenvalue weighted by molar-refractivity contribution is 7.98. The highest BCUT2D eigenvalue weighted by Gasteiger charge is 1.97. The van der Waals surface area contributed by atoms with Gasteiger partial charge in [-0.2, -0.15) is 11.8 Å². The summed E-state index contributed by atoms with van der Waals surface area (Å²) < 4.78 is 0. The van der Waals surface area contributed by atoms with Gasteiger partial charge in [0.1, 0.15) is 0 Å². The fraction of sp³-hybridized carbons (Fsp3) is 1.00. The van der Waals surface area contributed by atoms with Gasteiger partial charge >= 0.3 is 0 Å². The van der Waals surface area contributed by atoms with Gasteiger partial charge in [-0.15, -0.1) is 0 Å². The third kappa shape index (κ3) is 8.17. The zero-order valence-corrected chi connectivity index (χ0v) is 8.28. The molecule has 0 saturated heterocycles. The summed E-state index contributed by atoms with van der Waals surface area (Å²) in [5, 5.41) is 12.4. The maximum absolute atomic E-state index is 9.17. The van der Waals surface area contributed by atoms with Gasteiger partial charge in [0.2, 0.25) is 0 Å². The van der Waals surface area contributed by atoms with E-state index >= 15 is 0 Å². The van der Waals surface area contributed by atoms with Crippen LogP contribution in [0.1, 0.15) is 19.8 Å². The van der Waals surface area contributed by atoms with Crippen LogP contribution >= 0.6 is 11.8 Å². The molecule has 0 aliphatic rings. The van der Waals surface area contributed by atoms with Crippen molar-refractivity contribution in [3.8, 4) is 0 Å². The van der Waals surface area contributed by atoms with Crippen LogP contribution in [0.4, 0.5) is 0 Å². The Labute approximate surface area is 73.8 Å². The highest BCUT2D eigenvalue weighted by atomic mass is 32.2. The van der Waals surface area contributed by atoms with Crippen LogP contribution in [-0.4, -0.2) is 36.3 Å².